The molecule has 0 saturated carbocycles. The Bertz CT molecular complexity index is 828. The van der Waals surface area contributed by atoms with E-state index < -0.39 is 0 Å². The van der Waals surface area contributed by atoms with Gasteiger partial charge < -0.3 is 14.9 Å². The number of H-pyrrole nitrogens is 2. The van der Waals surface area contributed by atoms with Crippen molar-refractivity contribution in [2.24, 2.45) is 0 Å². The van der Waals surface area contributed by atoms with Crippen molar-refractivity contribution in [2.75, 3.05) is 6.54 Å². The van der Waals surface area contributed by atoms with E-state index in [1.165, 1.54) is 16.6 Å². The summed E-state index contributed by atoms with van der Waals surface area (Å²) in [4.78, 5) is 21.1. The quantitative estimate of drug-likeness (QED) is 0.707. The van der Waals surface area contributed by atoms with Crippen molar-refractivity contribution >= 4 is 16.8 Å². The van der Waals surface area contributed by atoms with Crippen LogP contribution in [0.1, 0.15) is 27.3 Å². The fraction of sp³-hybridized carbons (Fsp3) is 0.235. The Hall–Kier alpha value is -2.49. The third-order valence-electron chi connectivity index (χ3n) is 4.35. The molecule has 4 nitrogen and oxygen atoms in total. The molecule has 0 radical (unpaired) electrons. The molecule has 4 rings (SSSR count). The summed E-state index contributed by atoms with van der Waals surface area (Å²) in [7, 11) is 0. The number of aryl methyl sites for hydroxylation is 1. The van der Waals surface area contributed by atoms with Crippen LogP contribution in [0.4, 0.5) is 0 Å². The molecule has 0 bridgehead atoms. The number of carbonyl (C=O) groups is 1. The number of fused-ring (bicyclic) bond motifs is 3. The molecule has 2 N–H and O–H groups in total. The average molecular weight is 279 g/mol. The van der Waals surface area contributed by atoms with Gasteiger partial charge in [-0.25, -0.2) is 0 Å². The van der Waals surface area contributed by atoms with Gasteiger partial charge in [0.1, 0.15) is 0 Å². The first-order valence-corrected chi connectivity index (χ1v) is 7.26. The van der Waals surface area contributed by atoms with Crippen LogP contribution in [0.25, 0.3) is 10.9 Å². The lowest BCUT2D eigenvalue weighted by Crippen LogP contribution is -2.36. The van der Waals surface area contributed by atoms with Gasteiger partial charge >= 0.3 is 0 Å². The van der Waals surface area contributed by atoms with Crippen molar-refractivity contribution in [3.63, 3.8) is 0 Å². The van der Waals surface area contributed by atoms with Crippen LogP contribution < -0.4 is 0 Å². The smallest absolute Gasteiger partial charge is 0.256 e. The standard InChI is InChI=1S/C17H17N3O/c1-11-12(6-8-18-11)17(21)20-9-7-14-13-4-2-3-5-15(13)19-16(14)10-20/h2-6,8,18-19H,7,9-10H2,1H3. The number of nitrogens with one attached hydrogen (secondary N) is 2. The molecule has 21 heavy (non-hydrogen) atoms. The van der Waals surface area contributed by atoms with Crippen LogP contribution in [-0.4, -0.2) is 27.3 Å². The van der Waals surface area contributed by atoms with Crippen LogP contribution in [0.5, 0.6) is 0 Å². The van der Waals surface area contributed by atoms with Crippen molar-refractivity contribution in [1.82, 2.24) is 14.9 Å². The van der Waals surface area contributed by atoms with Gasteiger partial charge in [-0.2, -0.15) is 0 Å². The third-order valence-corrected chi connectivity index (χ3v) is 4.35. The summed E-state index contributed by atoms with van der Waals surface area (Å²) in [6.07, 6.45) is 2.73. The van der Waals surface area contributed by atoms with Gasteiger partial charge in [0.15, 0.2) is 0 Å². The van der Waals surface area contributed by atoms with Crippen LogP contribution in [-0.2, 0) is 13.0 Å². The highest BCUT2D eigenvalue weighted by atomic mass is 16.2. The summed E-state index contributed by atoms with van der Waals surface area (Å²) < 4.78 is 0. The zero-order valence-corrected chi connectivity index (χ0v) is 11.9. The van der Waals surface area contributed by atoms with Crippen LogP contribution in [0.2, 0.25) is 0 Å². The van der Waals surface area contributed by atoms with Crippen LogP contribution >= 0.6 is 0 Å². The maximum Gasteiger partial charge on any atom is 0.256 e. The molecule has 1 aliphatic heterocycles. The molecule has 0 spiro atoms. The lowest BCUT2D eigenvalue weighted by atomic mass is 10.0. The molecular weight excluding hydrogens is 262 g/mol. The van der Waals surface area contributed by atoms with Gasteiger partial charge in [-0.15, -0.1) is 0 Å². The fourth-order valence-corrected chi connectivity index (χ4v) is 3.22. The molecule has 1 aliphatic rings. The van der Waals surface area contributed by atoms with E-state index in [0.717, 1.165) is 29.7 Å². The number of benzene rings is 1. The van der Waals surface area contributed by atoms with E-state index in [9.17, 15) is 4.79 Å². The Balaban J connectivity index is 1.68. The van der Waals surface area contributed by atoms with Crippen molar-refractivity contribution in [3.05, 3.63) is 59.0 Å². The predicted molar refractivity (Wildman–Crippen MR) is 82.3 cm³/mol. The molecule has 0 unspecified atom stereocenters. The first kappa shape index (κ1) is 12.3. The van der Waals surface area contributed by atoms with Gasteiger partial charge in [0.2, 0.25) is 0 Å². The van der Waals surface area contributed by atoms with Gasteiger partial charge in [-0.3, -0.25) is 4.79 Å². The maximum absolute atomic E-state index is 12.6. The van der Waals surface area contributed by atoms with Crippen molar-refractivity contribution < 1.29 is 4.79 Å². The van der Waals surface area contributed by atoms with E-state index in [1.54, 1.807) is 0 Å². The first-order valence-electron chi connectivity index (χ1n) is 7.26. The van der Waals surface area contributed by atoms with Gasteiger partial charge in [0.05, 0.1) is 12.1 Å². The number of para-hydroxylation sites is 1. The van der Waals surface area contributed by atoms with E-state index in [-0.39, 0.29) is 5.91 Å². The van der Waals surface area contributed by atoms with Gasteiger partial charge in [-0.1, -0.05) is 18.2 Å². The maximum atomic E-state index is 12.6. The molecule has 0 saturated heterocycles. The highest BCUT2D eigenvalue weighted by Crippen LogP contribution is 2.28. The SMILES string of the molecule is Cc1[nH]ccc1C(=O)N1CCc2c([nH]c3ccccc23)C1. The van der Waals surface area contributed by atoms with Crippen LogP contribution in [0.15, 0.2) is 36.5 Å². The van der Waals surface area contributed by atoms with Gasteiger partial charge in [-0.05, 0) is 31.0 Å². The summed E-state index contributed by atoms with van der Waals surface area (Å²) in [6.45, 7) is 3.37. The van der Waals surface area contributed by atoms with Gasteiger partial charge in [0, 0.05) is 35.0 Å². The Kier molecular flexibility index (Phi) is 2.64. The second-order valence-electron chi connectivity index (χ2n) is 5.62. The molecule has 106 valence electrons. The van der Waals surface area contributed by atoms with E-state index in [1.807, 2.05) is 30.2 Å². The predicted octanol–water partition coefficient (Wildman–Crippen LogP) is 3.00. The minimum absolute atomic E-state index is 0.109. The Morgan fingerprint density at radius 1 is 1.24 bits per heavy atom. The molecule has 0 atom stereocenters. The summed E-state index contributed by atoms with van der Waals surface area (Å²) in [5, 5.41) is 1.29. The Morgan fingerprint density at radius 2 is 2.10 bits per heavy atom. The number of hydrogen-bond donors (Lipinski definition) is 2. The number of hydrogen-bond acceptors (Lipinski definition) is 1. The second kappa shape index (κ2) is 4.52. The molecular formula is C17H17N3O. The van der Waals surface area contributed by atoms with E-state index in [0.29, 0.717) is 6.54 Å². The second-order valence-corrected chi connectivity index (χ2v) is 5.62. The van der Waals surface area contributed by atoms with Crippen molar-refractivity contribution in [3.8, 4) is 0 Å². The molecule has 3 heterocycles. The number of rotatable bonds is 1. The molecule has 3 aromatic rings. The molecule has 1 amide bonds. The third kappa shape index (κ3) is 1.87. The fourth-order valence-electron chi connectivity index (χ4n) is 3.22. The van der Waals surface area contributed by atoms with Crippen molar-refractivity contribution in [2.45, 2.75) is 19.9 Å². The zero-order chi connectivity index (χ0) is 14.4. The number of amides is 1. The van der Waals surface area contributed by atoms with Gasteiger partial charge in [0.25, 0.3) is 5.91 Å². The Morgan fingerprint density at radius 3 is 2.90 bits per heavy atom. The molecule has 4 heteroatoms. The first-order chi connectivity index (χ1) is 10.2. The topological polar surface area (TPSA) is 51.9 Å². The zero-order valence-electron chi connectivity index (χ0n) is 11.9. The van der Waals surface area contributed by atoms with Crippen LogP contribution in [0, 0.1) is 6.92 Å². The molecule has 0 fully saturated rings. The van der Waals surface area contributed by atoms with Crippen LogP contribution in [0.3, 0.4) is 0 Å². The number of aromatic nitrogens is 2. The highest BCUT2D eigenvalue weighted by molar-refractivity contribution is 5.96. The normalized spacial score (nSPS) is 14.4. The molecule has 1 aromatic carbocycles. The number of aromatic amines is 2. The summed E-state index contributed by atoms with van der Waals surface area (Å²) in [5.41, 5.74) is 5.40. The molecule has 2 aromatic heterocycles. The largest absolute Gasteiger partial charge is 0.365 e. The highest BCUT2D eigenvalue weighted by Gasteiger charge is 2.25. The average Bonchev–Trinajstić information content (AvgIpc) is 3.09. The molecule has 0 aliphatic carbocycles. The van der Waals surface area contributed by atoms with Crippen molar-refractivity contribution in [1.29, 1.82) is 0 Å². The minimum Gasteiger partial charge on any atom is -0.365 e. The summed E-state index contributed by atoms with van der Waals surface area (Å²) in [6, 6.07) is 10.2. The monoisotopic (exact) mass is 279 g/mol. The lowest BCUT2D eigenvalue weighted by Gasteiger charge is -2.27. The summed E-state index contributed by atoms with van der Waals surface area (Å²) in [5.74, 6) is 0.109. The minimum atomic E-state index is 0.109. The Labute approximate surface area is 122 Å². The van der Waals surface area contributed by atoms with E-state index >= 15 is 0 Å². The van der Waals surface area contributed by atoms with E-state index in [4.69, 9.17) is 0 Å². The van der Waals surface area contributed by atoms with E-state index in [2.05, 4.69) is 28.2 Å². The lowest BCUT2D eigenvalue weighted by molar-refractivity contribution is 0.0732. The summed E-state index contributed by atoms with van der Waals surface area (Å²) >= 11 is 0. The number of carbonyl (C=O) groups excluding carboxylic acids is 1. The number of nitrogens with zero attached hydrogens (tertiary/aromatic N) is 1.